The molecule has 3 heteroatoms. The Morgan fingerprint density at radius 3 is 2.00 bits per heavy atom. The van der Waals surface area contributed by atoms with Crippen LogP contribution in [-0.2, 0) is 0 Å². The molecule has 0 heterocycles. The van der Waals surface area contributed by atoms with E-state index in [2.05, 4.69) is 19.2 Å². The summed E-state index contributed by atoms with van der Waals surface area (Å²) in [5.41, 5.74) is 0. The number of hydrogen-bond donors (Lipinski definition) is 3. The molecule has 3 nitrogen and oxygen atoms in total. The molecule has 0 saturated heterocycles. The van der Waals surface area contributed by atoms with Crippen molar-refractivity contribution in [1.82, 2.24) is 5.32 Å². The first-order chi connectivity index (χ1) is 5.61. The van der Waals surface area contributed by atoms with Crippen molar-refractivity contribution in [3.63, 3.8) is 0 Å². The van der Waals surface area contributed by atoms with E-state index in [0.29, 0.717) is 5.92 Å². The highest BCUT2D eigenvalue weighted by atomic mass is 16.3. The van der Waals surface area contributed by atoms with Crippen LogP contribution in [0.5, 0.6) is 0 Å². The van der Waals surface area contributed by atoms with Gasteiger partial charge in [-0.2, -0.15) is 0 Å². The molecule has 0 bridgehead atoms. The topological polar surface area (TPSA) is 52.5 Å². The van der Waals surface area contributed by atoms with E-state index in [-0.39, 0.29) is 25.2 Å². The first-order valence-corrected chi connectivity index (χ1v) is 4.56. The lowest BCUT2D eigenvalue weighted by Crippen LogP contribution is -2.39. The molecule has 74 valence electrons. The average Bonchev–Trinajstić information content (AvgIpc) is 2.04. The maximum Gasteiger partial charge on any atom is 0.0587 e. The van der Waals surface area contributed by atoms with Crippen LogP contribution in [-0.4, -0.2) is 36.0 Å². The van der Waals surface area contributed by atoms with E-state index in [9.17, 15) is 0 Å². The Morgan fingerprint density at radius 2 is 1.67 bits per heavy atom. The molecule has 0 aromatic rings. The van der Waals surface area contributed by atoms with Gasteiger partial charge in [0, 0.05) is 19.2 Å². The summed E-state index contributed by atoms with van der Waals surface area (Å²) in [5.74, 6) is 0.693. The van der Waals surface area contributed by atoms with Crippen LogP contribution in [0.4, 0.5) is 0 Å². The predicted octanol–water partition coefficient (Wildman–Crippen LogP) is 0.221. The van der Waals surface area contributed by atoms with Gasteiger partial charge >= 0.3 is 0 Å². The van der Waals surface area contributed by atoms with Gasteiger partial charge in [0.1, 0.15) is 0 Å². The van der Waals surface area contributed by atoms with Crippen LogP contribution in [0.3, 0.4) is 0 Å². The lowest BCUT2D eigenvalue weighted by molar-refractivity contribution is 0.188. The van der Waals surface area contributed by atoms with E-state index in [4.69, 9.17) is 10.2 Å². The molecule has 0 spiro atoms. The minimum absolute atomic E-state index is 0.152. The van der Waals surface area contributed by atoms with Crippen LogP contribution in [0.15, 0.2) is 0 Å². The van der Waals surface area contributed by atoms with E-state index in [0.717, 1.165) is 6.54 Å². The van der Waals surface area contributed by atoms with Gasteiger partial charge in [0.05, 0.1) is 6.61 Å². The van der Waals surface area contributed by atoms with Gasteiger partial charge in [0.15, 0.2) is 0 Å². The number of aliphatic hydroxyl groups excluding tert-OH is 2. The van der Waals surface area contributed by atoms with Crippen LogP contribution in [0.1, 0.15) is 20.8 Å². The van der Waals surface area contributed by atoms with Crippen molar-refractivity contribution in [2.75, 3.05) is 19.8 Å². The Morgan fingerprint density at radius 1 is 1.08 bits per heavy atom. The summed E-state index contributed by atoms with van der Waals surface area (Å²) in [6.07, 6.45) is 0. The van der Waals surface area contributed by atoms with Crippen molar-refractivity contribution >= 4 is 0 Å². The zero-order valence-electron chi connectivity index (χ0n) is 8.25. The van der Waals surface area contributed by atoms with Gasteiger partial charge < -0.3 is 15.5 Å². The summed E-state index contributed by atoms with van der Waals surface area (Å²) in [7, 11) is 0. The molecule has 0 aliphatic carbocycles. The third kappa shape index (κ3) is 4.70. The molecule has 0 aliphatic heterocycles. The normalized spacial score (nSPS) is 16.5. The quantitative estimate of drug-likeness (QED) is 0.541. The molecule has 0 fully saturated rings. The second-order valence-corrected chi connectivity index (χ2v) is 3.73. The highest BCUT2D eigenvalue weighted by Crippen LogP contribution is 2.01. The third-order valence-corrected chi connectivity index (χ3v) is 2.04. The Hall–Kier alpha value is -0.120. The van der Waals surface area contributed by atoms with Gasteiger partial charge in [0.2, 0.25) is 0 Å². The van der Waals surface area contributed by atoms with Crippen molar-refractivity contribution in [1.29, 1.82) is 0 Å². The van der Waals surface area contributed by atoms with Gasteiger partial charge in [-0.05, 0) is 11.8 Å². The summed E-state index contributed by atoms with van der Waals surface area (Å²) < 4.78 is 0. The molecular formula is C9H21NO2. The summed E-state index contributed by atoms with van der Waals surface area (Å²) >= 11 is 0. The van der Waals surface area contributed by atoms with Gasteiger partial charge in [-0.15, -0.1) is 0 Å². The van der Waals surface area contributed by atoms with Crippen LogP contribution in [0.25, 0.3) is 0 Å². The molecule has 12 heavy (non-hydrogen) atoms. The Balaban J connectivity index is 3.58. The third-order valence-electron chi connectivity index (χ3n) is 2.04. The Bertz CT molecular complexity index is 107. The summed E-state index contributed by atoms with van der Waals surface area (Å²) in [6.45, 7) is 7.23. The molecule has 3 N–H and O–H groups in total. The zero-order chi connectivity index (χ0) is 9.56. The first kappa shape index (κ1) is 11.9. The standard InChI is InChI=1S/C9H21NO2/c1-7(2)9(6-12)10-4-8(3)5-11/h7-12H,4-6H2,1-3H3/t8?,9-/m1/s1. The SMILES string of the molecule is CC(CO)CN[C@H](CO)C(C)C. The molecule has 0 aliphatic rings. The minimum atomic E-state index is 0.152. The van der Waals surface area contributed by atoms with Gasteiger partial charge in [-0.3, -0.25) is 0 Å². The molecule has 0 saturated carbocycles. The van der Waals surface area contributed by atoms with Crippen LogP contribution in [0, 0.1) is 11.8 Å². The molecule has 2 atom stereocenters. The summed E-state index contributed by atoms with van der Waals surface area (Å²) in [6, 6.07) is 0.152. The second kappa shape index (κ2) is 6.40. The number of nitrogens with one attached hydrogen (secondary N) is 1. The van der Waals surface area contributed by atoms with E-state index in [1.807, 2.05) is 6.92 Å². The highest BCUT2D eigenvalue weighted by molar-refractivity contribution is 4.70. The number of rotatable bonds is 6. The maximum atomic E-state index is 8.96. The van der Waals surface area contributed by atoms with Crippen molar-refractivity contribution < 1.29 is 10.2 Å². The predicted molar refractivity (Wildman–Crippen MR) is 50.0 cm³/mol. The molecule has 0 radical (unpaired) electrons. The molecule has 1 unspecified atom stereocenters. The molecule has 0 amide bonds. The fourth-order valence-electron chi connectivity index (χ4n) is 0.928. The van der Waals surface area contributed by atoms with Gasteiger partial charge in [-0.25, -0.2) is 0 Å². The fourth-order valence-corrected chi connectivity index (χ4v) is 0.928. The van der Waals surface area contributed by atoms with Crippen LogP contribution >= 0.6 is 0 Å². The summed E-state index contributed by atoms with van der Waals surface area (Å²) in [5, 5.41) is 20.9. The first-order valence-electron chi connectivity index (χ1n) is 4.56. The van der Waals surface area contributed by atoms with Gasteiger partial charge in [-0.1, -0.05) is 20.8 Å². The largest absolute Gasteiger partial charge is 0.396 e. The Labute approximate surface area is 74.8 Å². The molecule has 0 aromatic carbocycles. The smallest absolute Gasteiger partial charge is 0.0587 e. The van der Waals surface area contributed by atoms with Gasteiger partial charge in [0.25, 0.3) is 0 Å². The van der Waals surface area contributed by atoms with E-state index in [1.54, 1.807) is 0 Å². The Kier molecular flexibility index (Phi) is 6.34. The molecular weight excluding hydrogens is 154 g/mol. The average molecular weight is 175 g/mol. The number of aliphatic hydroxyl groups is 2. The second-order valence-electron chi connectivity index (χ2n) is 3.73. The zero-order valence-corrected chi connectivity index (χ0v) is 8.25. The van der Waals surface area contributed by atoms with E-state index < -0.39 is 0 Å². The lowest BCUT2D eigenvalue weighted by Gasteiger charge is -2.21. The molecule has 0 rings (SSSR count). The van der Waals surface area contributed by atoms with Crippen molar-refractivity contribution in [2.45, 2.75) is 26.8 Å². The van der Waals surface area contributed by atoms with Crippen molar-refractivity contribution in [3.8, 4) is 0 Å². The molecule has 0 aromatic heterocycles. The summed E-state index contributed by atoms with van der Waals surface area (Å²) in [4.78, 5) is 0. The number of hydrogen-bond acceptors (Lipinski definition) is 3. The highest BCUT2D eigenvalue weighted by Gasteiger charge is 2.11. The monoisotopic (exact) mass is 175 g/mol. The van der Waals surface area contributed by atoms with E-state index >= 15 is 0 Å². The lowest BCUT2D eigenvalue weighted by atomic mass is 10.0. The maximum absolute atomic E-state index is 8.96. The van der Waals surface area contributed by atoms with Crippen LogP contribution in [0.2, 0.25) is 0 Å². The van der Waals surface area contributed by atoms with Crippen molar-refractivity contribution in [3.05, 3.63) is 0 Å². The van der Waals surface area contributed by atoms with E-state index in [1.165, 1.54) is 0 Å². The minimum Gasteiger partial charge on any atom is -0.396 e. The van der Waals surface area contributed by atoms with Crippen molar-refractivity contribution in [2.24, 2.45) is 11.8 Å². The fraction of sp³-hybridized carbons (Fsp3) is 1.00. The van der Waals surface area contributed by atoms with Crippen LogP contribution < -0.4 is 5.32 Å².